The normalized spacial score (nSPS) is 13.8. The molecule has 1 aliphatic heterocycles. The number of benzene rings is 2. The van der Waals surface area contributed by atoms with Gasteiger partial charge in [0, 0.05) is 11.4 Å². The Morgan fingerprint density at radius 2 is 1.75 bits per heavy atom. The van der Waals surface area contributed by atoms with Crippen LogP contribution in [-0.2, 0) is 21.2 Å². The number of aromatic nitrogens is 2. The maximum Gasteiger partial charge on any atom is 0.323 e. The number of hydrogen-bond acceptors (Lipinski definition) is 4. The van der Waals surface area contributed by atoms with Crippen molar-refractivity contribution in [3.8, 4) is 0 Å². The number of aromatic amines is 2. The highest BCUT2D eigenvalue weighted by molar-refractivity contribution is 7.92. The van der Waals surface area contributed by atoms with Crippen LogP contribution in [0.25, 0.3) is 11.0 Å². The average molecular weight is 344 g/mol. The van der Waals surface area contributed by atoms with Gasteiger partial charge in [0.15, 0.2) is 0 Å². The zero-order chi connectivity index (χ0) is 16.9. The number of imidazole rings is 1. The largest absolute Gasteiger partial charge is 0.326 e. The highest BCUT2D eigenvalue weighted by Crippen LogP contribution is 2.27. The molecule has 4 N–H and O–H groups in total. The molecule has 4 rings (SSSR count). The number of hydrogen-bond donors (Lipinski definition) is 4. The monoisotopic (exact) mass is 344 g/mol. The Kier molecular flexibility index (Phi) is 3.00. The van der Waals surface area contributed by atoms with E-state index in [-0.39, 0.29) is 17.2 Å². The summed E-state index contributed by atoms with van der Waals surface area (Å²) in [5.41, 5.74) is 2.34. The van der Waals surface area contributed by atoms with Crippen molar-refractivity contribution in [2.45, 2.75) is 11.3 Å². The summed E-state index contributed by atoms with van der Waals surface area (Å²) in [4.78, 5) is 27.7. The maximum atomic E-state index is 12.5. The fourth-order valence-corrected chi connectivity index (χ4v) is 3.76. The molecule has 0 aliphatic carbocycles. The van der Waals surface area contributed by atoms with Gasteiger partial charge in [0.2, 0.25) is 5.91 Å². The van der Waals surface area contributed by atoms with Crippen molar-refractivity contribution in [3.63, 3.8) is 0 Å². The number of carbonyl (C=O) groups excluding carboxylic acids is 1. The highest BCUT2D eigenvalue weighted by Gasteiger charge is 2.20. The van der Waals surface area contributed by atoms with Crippen molar-refractivity contribution in [3.05, 3.63) is 52.4 Å². The van der Waals surface area contributed by atoms with Gasteiger partial charge in [0.25, 0.3) is 10.0 Å². The van der Waals surface area contributed by atoms with E-state index in [1.165, 1.54) is 18.2 Å². The zero-order valence-electron chi connectivity index (χ0n) is 12.2. The van der Waals surface area contributed by atoms with Gasteiger partial charge < -0.3 is 15.3 Å². The van der Waals surface area contributed by atoms with E-state index >= 15 is 0 Å². The van der Waals surface area contributed by atoms with Crippen molar-refractivity contribution in [1.29, 1.82) is 0 Å². The lowest BCUT2D eigenvalue weighted by Crippen LogP contribution is -2.13. The van der Waals surface area contributed by atoms with E-state index in [2.05, 4.69) is 20.0 Å². The summed E-state index contributed by atoms with van der Waals surface area (Å²) < 4.78 is 27.5. The minimum absolute atomic E-state index is 0.0277. The fourth-order valence-electron chi connectivity index (χ4n) is 2.69. The first-order valence-electron chi connectivity index (χ1n) is 7.08. The van der Waals surface area contributed by atoms with E-state index in [1.54, 1.807) is 18.2 Å². The summed E-state index contributed by atoms with van der Waals surface area (Å²) in [6, 6.07) is 9.18. The maximum absolute atomic E-state index is 12.5. The summed E-state index contributed by atoms with van der Waals surface area (Å²) in [6.07, 6.45) is 0.224. The van der Waals surface area contributed by atoms with Gasteiger partial charge in [-0.25, -0.2) is 13.2 Å². The molecule has 24 heavy (non-hydrogen) atoms. The summed E-state index contributed by atoms with van der Waals surface area (Å²) >= 11 is 0. The SMILES string of the molecule is O=C1Cc2cc(NS(=O)(=O)c3ccc4[nH]c(=O)[nH]c4c3)ccc2N1. The summed E-state index contributed by atoms with van der Waals surface area (Å²) in [5.74, 6) is -0.119. The Morgan fingerprint density at radius 1 is 0.958 bits per heavy atom. The fraction of sp³-hybridized carbons (Fsp3) is 0.0667. The van der Waals surface area contributed by atoms with Crippen molar-refractivity contribution in [2.75, 3.05) is 10.0 Å². The Hall–Kier alpha value is -3.07. The number of H-pyrrole nitrogens is 2. The lowest BCUT2D eigenvalue weighted by Gasteiger charge is -2.09. The van der Waals surface area contributed by atoms with Gasteiger partial charge in [-0.05, 0) is 42.0 Å². The summed E-state index contributed by atoms with van der Waals surface area (Å²) in [6.45, 7) is 0. The van der Waals surface area contributed by atoms with Crippen molar-refractivity contribution in [1.82, 2.24) is 9.97 Å². The number of nitrogens with one attached hydrogen (secondary N) is 4. The first-order valence-corrected chi connectivity index (χ1v) is 8.57. The molecule has 9 heteroatoms. The second-order valence-electron chi connectivity index (χ2n) is 5.49. The quantitative estimate of drug-likeness (QED) is 0.569. The third-order valence-electron chi connectivity index (χ3n) is 3.78. The molecule has 0 fully saturated rings. The first-order chi connectivity index (χ1) is 11.4. The van der Waals surface area contributed by atoms with Crippen LogP contribution in [0.1, 0.15) is 5.56 Å². The molecule has 0 atom stereocenters. The molecule has 2 aromatic carbocycles. The molecular weight excluding hydrogens is 332 g/mol. The van der Waals surface area contributed by atoms with E-state index in [0.29, 0.717) is 22.4 Å². The Labute approximate surface area is 136 Å². The van der Waals surface area contributed by atoms with Gasteiger partial charge in [0.05, 0.1) is 22.3 Å². The van der Waals surface area contributed by atoms with Crippen LogP contribution in [-0.4, -0.2) is 24.3 Å². The molecule has 2 heterocycles. The van der Waals surface area contributed by atoms with Crippen molar-refractivity contribution >= 4 is 38.3 Å². The van der Waals surface area contributed by atoms with E-state index in [1.807, 2.05) is 0 Å². The first kappa shape index (κ1) is 14.5. The topological polar surface area (TPSA) is 124 Å². The van der Waals surface area contributed by atoms with Crippen LogP contribution < -0.4 is 15.7 Å². The summed E-state index contributed by atoms with van der Waals surface area (Å²) in [7, 11) is -3.82. The number of amides is 1. The molecular formula is C15H12N4O4S. The third kappa shape index (κ3) is 2.44. The molecule has 0 saturated carbocycles. The predicted molar refractivity (Wildman–Crippen MR) is 88.5 cm³/mol. The second kappa shape index (κ2) is 4.96. The van der Waals surface area contributed by atoms with Gasteiger partial charge in [-0.1, -0.05) is 0 Å². The standard InChI is InChI=1S/C15H12N4O4S/c20-14-6-8-5-9(1-3-11(8)16-14)19-24(22,23)10-2-4-12-13(7-10)18-15(21)17-12/h1-5,7,19H,6H2,(H,16,20)(H2,17,18,21). The van der Waals surface area contributed by atoms with E-state index in [0.717, 1.165) is 5.56 Å². The summed E-state index contributed by atoms with van der Waals surface area (Å²) in [5, 5.41) is 2.69. The van der Waals surface area contributed by atoms with Gasteiger partial charge in [-0.3, -0.25) is 9.52 Å². The molecule has 0 spiro atoms. The van der Waals surface area contributed by atoms with Crippen LogP contribution >= 0.6 is 0 Å². The molecule has 3 aromatic rings. The zero-order valence-corrected chi connectivity index (χ0v) is 13.0. The van der Waals surface area contributed by atoms with Crippen LogP contribution in [0.3, 0.4) is 0 Å². The third-order valence-corrected chi connectivity index (χ3v) is 5.16. The number of fused-ring (bicyclic) bond motifs is 2. The molecule has 1 aromatic heterocycles. The van der Waals surface area contributed by atoms with Crippen LogP contribution in [0.4, 0.5) is 11.4 Å². The van der Waals surface area contributed by atoms with Gasteiger partial charge in [0.1, 0.15) is 0 Å². The lowest BCUT2D eigenvalue weighted by molar-refractivity contribution is -0.115. The minimum atomic E-state index is -3.82. The second-order valence-corrected chi connectivity index (χ2v) is 7.17. The smallest absolute Gasteiger partial charge is 0.323 e. The van der Waals surface area contributed by atoms with E-state index in [4.69, 9.17) is 0 Å². The Balaban J connectivity index is 1.68. The minimum Gasteiger partial charge on any atom is -0.326 e. The molecule has 1 amide bonds. The molecule has 0 radical (unpaired) electrons. The van der Waals surface area contributed by atoms with E-state index in [9.17, 15) is 18.0 Å². The molecule has 0 bridgehead atoms. The van der Waals surface area contributed by atoms with Crippen LogP contribution in [0.5, 0.6) is 0 Å². The van der Waals surface area contributed by atoms with Gasteiger partial charge in [-0.2, -0.15) is 0 Å². The number of anilines is 2. The van der Waals surface area contributed by atoms with E-state index < -0.39 is 15.7 Å². The number of sulfonamides is 1. The number of carbonyl (C=O) groups is 1. The number of rotatable bonds is 3. The predicted octanol–water partition coefficient (Wildman–Crippen LogP) is 1.15. The molecule has 0 unspecified atom stereocenters. The van der Waals surface area contributed by atoms with Gasteiger partial charge >= 0.3 is 5.69 Å². The van der Waals surface area contributed by atoms with Crippen LogP contribution in [0.15, 0.2) is 46.1 Å². The Bertz CT molecular complexity index is 1140. The van der Waals surface area contributed by atoms with Gasteiger partial charge in [-0.15, -0.1) is 0 Å². The van der Waals surface area contributed by atoms with Crippen LogP contribution in [0, 0.1) is 0 Å². The molecule has 8 nitrogen and oxygen atoms in total. The van der Waals surface area contributed by atoms with Crippen molar-refractivity contribution < 1.29 is 13.2 Å². The van der Waals surface area contributed by atoms with Crippen LogP contribution in [0.2, 0.25) is 0 Å². The lowest BCUT2D eigenvalue weighted by atomic mass is 10.1. The molecule has 122 valence electrons. The highest BCUT2D eigenvalue weighted by atomic mass is 32.2. The average Bonchev–Trinajstić information content (AvgIpc) is 3.05. The molecule has 1 aliphatic rings. The Morgan fingerprint density at radius 3 is 2.58 bits per heavy atom. The van der Waals surface area contributed by atoms with Crippen molar-refractivity contribution in [2.24, 2.45) is 0 Å². The molecule has 0 saturated heterocycles.